The Morgan fingerprint density at radius 2 is 2.18 bits per heavy atom. The van der Waals surface area contributed by atoms with Crippen molar-refractivity contribution >= 4 is 33.1 Å². The van der Waals surface area contributed by atoms with Gasteiger partial charge >= 0.3 is 0 Å². The van der Waals surface area contributed by atoms with Crippen LogP contribution >= 0.6 is 11.3 Å². The minimum Gasteiger partial charge on any atom is -0.355 e. The number of fused-ring (bicyclic) bond motifs is 2. The Hall–Kier alpha value is -2.36. The first-order valence-corrected chi connectivity index (χ1v) is 7.99. The average molecular weight is 310 g/mol. The van der Waals surface area contributed by atoms with E-state index in [1.807, 2.05) is 6.92 Å². The zero-order valence-corrected chi connectivity index (χ0v) is 12.9. The molecule has 0 unspecified atom stereocenters. The van der Waals surface area contributed by atoms with Gasteiger partial charge in [-0.25, -0.2) is 0 Å². The minimum atomic E-state index is -0.486. The van der Waals surface area contributed by atoms with Crippen molar-refractivity contribution in [2.45, 2.75) is 18.9 Å². The number of hydrogen-bond donors (Lipinski definition) is 1. The Morgan fingerprint density at radius 3 is 3.05 bits per heavy atom. The molecular formula is C17H14N2O2S. The van der Waals surface area contributed by atoms with Crippen LogP contribution in [0.5, 0.6) is 0 Å². The second kappa shape index (κ2) is 4.57. The van der Waals surface area contributed by atoms with Gasteiger partial charge in [0, 0.05) is 10.8 Å². The third-order valence-corrected chi connectivity index (χ3v) is 5.14. The lowest BCUT2D eigenvalue weighted by atomic mass is 9.85. The van der Waals surface area contributed by atoms with Gasteiger partial charge in [-0.2, -0.15) is 0 Å². The second-order valence-corrected chi connectivity index (χ2v) is 6.84. The number of carbonyl (C=O) groups is 2. The van der Waals surface area contributed by atoms with Gasteiger partial charge in [-0.3, -0.25) is 14.5 Å². The van der Waals surface area contributed by atoms with Crippen LogP contribution in [0, 0.1) is 0 Å². The molecule has 0 bridgehead atoms. The molecule has 2 aromatic rings. The average Bonchev–Trinajstić information content (AvgIpc) is 2.95. The third-order valence-electron chi connectivity index (χ3n) is 4.24. The van der Waals surface area contributed by atoms with E-state index in [9.17, 15) is 9.59 Å². The highest BCUT2D eigenvalue weighted by Crippen LogP contribution is 2.34. The highest BCUT2D eigenvalue weighted by Gasteiger charge is 2.40. The fourth-order valence-electron chi connectivity index (χ4n) is 3.01. The van der Waals surface area contributed by atoms with Gasteiger partial charge in [0.2, 0.25) is 5.91 Å². The van der Waals surface area contributed by atoms with E-state index >= 15 is 0 Å². The standard InChI is InChI=1S/C17H14N2O2S/c1-17(12-2-4-14-11(8-12)6-7-22-14)9-16(21)19-10-13(20)3-5-15(19)18-17/h2-4,6-8,18H,9-10H2,1H3/t17-/m0/s1. The van der Waals surface area contributed by atoms with Crippen LogP contribution in [-0.4, -0.2) is 23.1 Å². The molecule has 1 atom stereocenters. The molecule has 0 spiro atoms. The molecule has 4 rings (SSSR count). The van der Waals surface area contributed by atoms with Crippen LogP contribution in [0.4, 0.5) is 0 Å². The van der Waals surface area contributed by atoms with Gasteiger partial charge in [0.1, 0.15) is 0 Å². The molecular weight excluding hydrogens is 296 g/mol. The summed E-state index contributed by atoms with van der Waals surface area (Å²) >= 11 is 1.70. The molecule has 5 heteroatoms. The van der Waals surface area contributed by atoms with Gasteiger partial charge < -0.3 is 5.32 Å². The van der Waals surface area contributed by atoms with Crippen molar-refractivity contribution in [3.8, 4) is 0 Å². The van der Waals surface area contributed by atoms with Crippen LogP contribution in [0.2, 0.25) is 0 Å². The lowest BCUT2D eigenvalue weighted by Crippen LogP contribution is -2.55. The number of nitrogens with zero attached hydrogens (tertiary/aromatic N) is 1. The van der Waals surface area contributed by atoms with Gasteiger partial charge in [-0.15, -0.1) is 11.3 Å². The Bertz CT molecular complexity index is 876. The fraction of sp³-hybridized carbons (Fsp3) is 0.235. The van der Waals surface area contributed by atoms with E-state index in [4.69, 9.17) is 0 Å². The molecule has 1 aromatic heterocycles. The number of hydrogen-bond acceptors (Lipinski definition) is 4. The fourth-order valence-corrected chi connectivity index (χ4v) is 3.78. The Balaban J connectivity index is 1.78. The van der Waals surface area contributed by atoms with Crippen molar-refractivity contribution in [3.05, 3.63) is 52.8 Å². The van der Waals surface area contributed by atoms with E-state index in [1.54, 1.807) is 11.3 Å². The Morgan fingerprint density at radius 1 is 1.32 bits per heavy atom. The molecule has 0 saturated carbocycles. The summed E-state index contributed by atoms with van der Waals surface area (Å²) in [7, 11) is 0. The van der Waals surface area contributed by atoms with Crippen LogP contribution in [-0.2, 0) is 15.1 Å². The van der Waals surface area contributed by atoms with Crippen molar-refractivity contribution in [1.82, 2.24) is 10.2 Å². The summed E-state index contributed by atoms with van der Waals surface area (Å²) < 4.78 is 1.23. The molecule has 2 aliphatic heterocycles. The summed E-state index contributed by atoms with van der Waals surface area (Å²) in [6, 6.07) is 8.36. The smallest absolute Gasteiger partial charge is 0.231 e. The normalized spacial score (nSPS) is 24.2. The molecule has 110 valence electrons. The second-order valence-electron chi connectivity index (χ2n) is 5.89. The number of thiophene rings is 1. The SMILES string of the molecule is C[C@@]1(c2ccc3sccc3c2)CC(=O)N2CC(=O)C=C=C2N1. The van der Waals surface area contributed by atoms with E-state index < -0.39 is 5.54 Å². The first-order chi connectivity index (χ1) is 10.5. The zero-order valence-electron chi connectivity index (χ0n) is 12.1. The third kappa shape index (κ3) is 1.98. The molecule has 1 N–H and O–H groups in total. The predicted octanol–water partition coefficient (Wildman–Crippen LogP) is 2.52. The number of ketones is 1. The molecule has 1 amide bonds. The summed E-state index contributed by atoms with van der Waals surface area (Å²) in [4.78, 5) is 25.4. The summed E-state index contributed by atoms with van der Waals surface area (Å²) in [5, 5.41) is 6.64. The van der Waals surface area contributed by atoms with Gasteiger partial charge in [-0.1, -0.05) is 11.8 Å². The Labute approximate surface area is 131 Å². The van der Waals surface area contributed by atoms with Crippen molar-refractivity contribution in [2.75, 3.05) is 6.54 Å². The van der Waals surface area contributed by atoms with E-state index in [0.29, 0.717) is 12.2 Å². The highest BCUT2D eigenvalue weighted by atomic mass is 32.1. The number of carbonyl (C=O) groups excluding carboxylic acids is 2. The quantitative estimate of drug-likeness (QED) is 0.824. The molecule has 22 heavy (non-hydrogen) atoms. The summed E-state index contributed by atoms with van der Waals surface area (Å²) in [5.74, 6) is 0.446. The molecule has 4 nitrogen and oxygen atoms in total. The maximum atomic E-state index is 12.4. The van der Waals surface area contributed by atoms with Gasteiger partial charge in [0.15, 0.2) is 11.6 Å². The maximum absolute atomic E-state index is 12.4. The number of amides is 1. The van der Waals surface area contributed by atoms with Gasteiger partial charge in [0.25, 0.3) is 0 Å². The monoisotopic (exact) mass is 310 g/mol. The first-order valence-electron chi connectivity index (χ1n) is 7.11. The lowest BCUT2D eigenvalue weighted by molar-refractivity contribution is -0.136. The van der Waals surface area contributed by atoms with Crippen LogP contribution < -0.4 is 5.32 Å². The largest absolute Gasteiger partial charge is 0.355 e. The predicted molar refractivity (Wildman–Crippen MR) is 85.2 cm³/mol. The van der Waals surface area contributed by atoms with Crippen molar-refractivity contribution in [1.29, 1.82) is 0 Å². The topological polar surface area (TPSA) is 49.4 Å². The molecule has 1 saturated heterocycles. The van der Waals surface area contributed by atoms with Crippen molar-refractivity contribution in [2.24, 2.45) is 0 Å². The molecule has 0 aliphatic carbocycles. The van der Waals surface area contributed by atoms with Gasteiger partial charge in [0.05, 0.1) is 18.5 Å². The first kappa shape index (κ1) is 13.3. The van der Waals surface area contributed by atoms with Crippen LogP contribution in [0.25, 0.3) is 10.1 Å². The zero-order chi connectivity index (χ0) is 15.3. The number of rotatable bonds is 1. The van der Waals surface area contributed by atoms with E-state index in [2.05, 4.69) is 40.7 Å². The summed E-state index contributed by atoms with van der Waals surface area (Å²) in [6.45, 7) is 2.12. The van der Waals surface area contributed by atoms with Gasteiger partial charge in [-0.05, 0) is 41.5 Å². The summed E-state index contributed by atoms with van der Waals surface area (Å²) in [6.07, 6.45) is 1.72. The molecule has 1 fully saturated rings. The highest BCUT2D eigenvalue weighted by molar-refractivity contribution is 7.17. The molecule has 1 aromatic carbocycles. The maximum Gasteiger partial charge on any atom is 0.231 e. The number of benzene rings is 1. The van der Waals surface area contributed by atoms with Crippen LogP contribution in [0.1, 0.15) is 18.9 Å². The lowest BCUT2D eigenvalue weighted by Gasteiger charge is -2.42. The molecule has 2 aliphatic rings. The summed E-state index contributed by atoms with van der Waals surface area (Å²) in [5.41, 5.74) is 3.48. The van der Waals surface area contributed by atoms with E-state index in [1.165, 1.54) is 21.1 Å². The van der Waals surface area contributed by atoms with Crippen LogP contribution in [0.15, 0.2) is 47.3 Å². The number of nitrogens with one attached hydrogen (secondary N) is 1. The Kier molecular flexibility index (Phi) is 2.76. The molecule has 0 radical (unpaired) electrons. The van der Waals surface area contributed by atoms with Crippen molar-refractivity contribution < 1.29 is 9.59 Å². The van der Waals surface area contributed by atoms with E-state index in [-0.39, 0.29) is 18.2 Å². The minimum absolute atomic E-state index is 0.0457. The molecule has 3 heterocycles. The van der Waals surface area contributed by atoms with Crippen LogP contribution in [0.3, 0.4) is 0 Å². The van der Waals surface area contributed by atoms with Crippen molar-refractivity contribution in [3.63, 3.8) is 0 Å². The van der Waals surface area contributed by atoms with E-state index in [0.717, 1.165) is 5.56 Å².